The molecule has 0 amide bonds. The number of morpholine rings is 1. The molecule has 1 aliphatic heterocycles. The Morgan fingerprint density at radius 1 is 1.33 bits per heavy atom. The Morgan fingerprint density at radius 2 is 2.20 bits per heavy atom. The molecule has 0 aromatic carbocycles. The van der Waals surface area contributed by atoms with Crippen LogP contribution in [0, 0.1) is 0 Å². The van der Waals surface area contributed by atoms with Gasteiger partial charge in [-0.1, -0.05) is 0 Å². The molecule has 0 saturated carbocycles. The Morgan fingerprint density at radius 3 is 3.07 bits per heavy atom. The van der Waals surface area contributed by atoms with E-state index in [1.807, 2.05) is 0 Å². The molecule has 0 bridgehead atoms. The fraction of sp³-hybridized carbons (Fsp3) is 0.444. The van der Waals surface area contributed by atoms with Gasteiger partial charge in [0.25, 0.3) is 0 Å². The third-order valence-corrected chi connectivity index (χ3v) is 2.56. The minimum Gasteiger partial charge on any atom is -0.378 e. The highest BCUT2D eigenvalue weighted by molar-refractivity contribution is 5.84. The molecular weight excluding hydrogens is 194 g/mol. The Balaban J connectivity index is 2.05. The molecule has 0 unspecified atom stereocenters. The van der Waals surface area contributed by atoms with Gasteiger partial charge in [0.1, 0.15) is 5.52 Å². The lowest BCUT2D eigenvalue weighted by atomic mass is 10.3. The quantitative estimate of drug-likeness (QED) is 0.719. The number of aromatic amines is 1. The summed E-state index contributed by atoms with van der Waals surface area (Å²) in [7, 11) is 0. The van der Waals surface area contributed by atoms with E-state index >= 15 is 0 Å². The number of aromatic nitrogens is 4. The van der Waals surface area contributed by atoms with Gasteiger partial charge in [-0.05, 0) is 0 Å². The fourth-order valence-electron chi connectivity index (χ4n) is 1.80. The molecule has 0 aliphatic carbocycles. The topological polar surface area (TPSA) is 66.9 Å². The van der Waals surface area contributed by atoms with Crippen LogP contribution in [0.15, 0.2) is 12.5 Å². The van der Waals surface area contributed by atoms with Gasteiger partial charge in [0, 0.05) is 13.1 Å². The number of H-pyrrole nitrogens is 1. The molecule has 6 nitrogen and oxygen atoms in total. The van der Waals surface area contributed by atoms with E-state index in [9.17, 15) is 0 Å². The van der Waals surface area contributed by atoms with Gasteiger partial charge >= 0.3 is 0 Å². The smallest absolute Gasteiger partial charge is 0.201 e. The van der Waals surface area contributed by atoms with Gasteiger partial charge in [-0.2, -0.15) is 5.10 Å². The van der Waals surface area contributed by atoms with E-state index in [0.29, 0.717) is 5.65 Å². The van der Waals surface area contributed by atoms with Crippen LogP contribution >= 0.6 is 0 Å². The van der Waals surface area contributed by atoms with Gasteiger partial charge in [0.15, 0.2) is 0 Å². The molecule has 3 rings (SSSR count). The van der Waals surface area contributed by atoms with Crippen molar-refractivity contribution in [3.05, 3.63) is 12.5 Å². The summed E-state index contributed by atoms with van der Waals surface area (Å²) in [5.74, 6) is 0. The number of nitrogens with one attached hydrogen (secondary N) is 1. The van der Waals surface area contributed by atoms with Crippen molar-refractivity contribution in [3.63, 3.8) is 0 Å². The zero-order chi connectivity index (χ0) is 10.1. The van der Waals surface area contributed by atoms with E-state index in [1.165, 1.54) is 0 Å². The van der Waals surface area contributed by atoms with Gasteiger partial charge in [-0.15, -0.1) is 5.10 Å². The average Bonchev–Trinajstić information content (AvgIpc) is 2.78. The minimum atomic E-state index is 0.666. The number of anilines is 1. The van der Waals surface area contributed by atoms with Gasteiger partial charge in [0.05, 0.1) is 31.4 Å². The lowest BCUT2D eigenvalue weighted by Gasteiger charge is -2.28. The Kier molecular flexibility index (Phi) is 1.99. The molecule has 15 heavy (non-hydrogen) atoms. The molecule has 0 radical (unpaired) electrons. The van der Waals surface area contributed by atoms with Crippen molar-refractivity contribution in [2.75, 3.05) is 31.2 Å². The van der Waals surface area contributed by atoms with E-state index in [4.69, 9.17) is 4.74 Å². The van der Waals surface area contributed by atoms with E-state index < -0.39 is 0 Å². The number of ether oxygens (including phenoxy) is 1. The van der Waals surface area contributed by atoms with Crippen LogP contribution in [0.4, 0.5) is 5.69 Å². The van der Waals surface area contributed by atoms with Crippen LogP contribution in [-0.4, -0.2) is 46.5 Å². The van der Waals surface area contributed by atoms with Gasteiger partial charge in [-0.3, -0.25) is 0 Å². The molecule has 3 heterocycles. The Hall–Kier alpha value is -1.69. The standard InChI is InChI=1S/C9H11N5O/c1-3-15-4-2-14(1)7-5-12-13-9-8(7)10-6-11-9/h5-6H,1-4H2,(H,10,11,13). The molecule has 6 heteroatoms. The van der Waals surface area contributed by atoms with Crippen molar-refractivity contribution in [1.29, 1.82) is 0 Å². The molecule has 1 fully saturated rings. The second-order valence-electron chi connectivity index (χ2n) is 3.43. The zero-order valence-electron chi connectivity index (χ0n) is 8.18. The zero-order valence-corrected chi connectivity index (χ0v) is 8.18. The molecule has 78 valence electrons. The highest BCUT2D eigenvalue weighted by Gasteiger charge is 2.15. The van der Waals surface area contributed by atoms with Crippen LogP contribution in [0.1, 0.15) is 0 Å². The van der Waals surface area contributed by atoms with Crippen molar-refractivity contribution in [2.45, 2.75) is 0 Å². The monoisotopic (exact) mass is 205 g/mol. The molecule has 0 atom stereocenters. The number of imidazole rings is 1. The van der Waals surface area contributed by atoms with E-state index in [1.54, 1.807) is 12.5 Å². The second-order valence-corrected chi connectivity index (χ2v) is 3.43. The van der Waals surface area contributed by atoms with Crippen molar-refractivity contribution in [3.8, 4) is 0 Å². The van der Waals surface area contributed by atoms with Crippen LogP contribution < -0.4 is 4.90 Å². The normalized spacial score (nSPS) is 17.2. The fourth-order valence-corrected chi connectivity index (χ4v) is 1.80. The van der Waals surface area contributed by atoms with Crippen LogP contribution in [0.3, 0.4) is 0 Å². The molecule has 2 aromatic heterocycles. The van der Waals surface area contributed by atoms with Crippen molar-refractivity contribution >= 4 is 16.9 Å². The van der Waals surface area contributed by atoms with Crippen LogP contribution in [0.5, 0.6) is 0 Å². The van der Waals surface area contributed by atoms with Gasteiger partial charge in [0.2, 0.25) is 5.65 Å². The number of hydrogen-bond acceptors (Lipinski definition) is 5. The van der Waals surface area contributed by atoms with Gasteiger partial charge < -0.3 is 14.6 Å². The number of fused-ring (bicyclic) bond motifs is 1. The maximum Gasteiger partial charge on any atom is 0.201 e. The van der Waals surface area contributed by atoms with Crippen LogP contribution in [-0.2, 0) is 4.74 Å². The lowest BCUT2D eigenvalue weighted by Crippen LogP contribution is -2.36. The number of nitrogens with zero attached hydrogens (tertiary/aromatic N) is 4. The van der Waals surface area contributed by atoms with E-state index in [2.05, 4.69) is 25.1 Å². The summed E-state index contributed by atoms with van der Waals surface area (Å²) in [5.41, 5.74) is 2.67. The Bertz CT molecular complexity index is 462. The third kappa shape index (κ3) is 1.42. The largest absolute Gasteiger partial charge is 0.378 e. The molecule has 2 aromatic rings. The van der Waals surface area contributed by atoms with Gasteiger partial charge in [-0.25, -0.2) is 4.98 Å². The van der Waals surface area contributed by atoms with Crippen molar-refractivity contribution in [1.82, 2.24) is 20.2 Å². The second kappa shape index (κ2) is 3.47. The first kappa shape index (κ1) is 8.60. The minimum absolute atomic E-state index is 0.666. The molecule has 1 N–H and O–H groups in total. The summed E-state index contributed by atoms with van der Waals surface area (Å²) in [4.78, 5) is 9.41. The predicted octanol–water partition coefficient (Wildman–Crippen LogP) is 0.189. The lowest BCUT2D eigenvalue weighted by molar-refractivity contribution is 0.123. The first-order valence-corrected chi connectivity index (χ1v) is 4.92. The summed E-state index contributed by atoms with van der Waals surface area (Å²) >= 11 is 0. The molecular formula is C9H11N5O. The van der Waals surface area contributed by atoms with Crippen LogP contribution in [0.2, 0.25) is 0 Å². The molecule has 1 aliphatic rings. The number of rotatable bonds is 1. The van der Waals surface area contributed by atoms with Crippen molar-refractivity contribution in [2.24, 2.45) is 0 Å². The SMILES string of the molecule is c1nc2nncc(N3CCOCC3)c2[nH]1. The summed E-state index contributed by atoms with van der Waals surface area (Å²) < 4.78 is 5.31. The molecule has 1 saturated heterocycles. The summed E-state index contributed by atoms with van der Waals surface area (Å²) in [6.45, 7) is 3.30. The van der Waals surface area contributed by atoms with E-state index in [-0.39, 0.29) is 0 Å². The third-order valence-electron chi connectivity index (χ3n) is 2.56. The van der Waals surface area contributed by atoms with Crippen molar-refractivity contribution < 1.29 is 4.74 Å². The van der Waals surface area contributed by atoms with E-state index in [0.717, 1.165) is 37.5 Å². The highest BCUT2D eigenvalue weighted by atomic mass is 16.5. The predicted molar refractivity (Wildman–Crippen MR) is 54.7 cm³/mol. The first-order valence-electron chi connectivity index (χ1n) is 4.92. The Labute approximate surface area is 86.3 Å². The highest BCUT2D eigenvalue weighted by Crippen LogP contribution is 2.21. The average molecular weight is 205 g/mol. The number of hydrogen-bond donors (Lipinski definition) is 1. The maximum absolute atomic E-state index is 5.31. The summed E-state index contributed by atoms with van der Waals surface area (Å²) in [6.07, 6.45) is 3.41. The van der Waals surface area contributed by atoms with Crippen LogP contribution in [0.25, 0.3) is 11.2 Å². The first-order chi connectivity index (χ1) is 7.45. The maximum atomic E-state index is 5.31. The summed E-state index contributed by atoms with van der Waals surface area (Å²) in [6, 6.07) is 0. The molecule has 0 spiro atoms. The summed E-state index contributed by atoms with van der Waals surface area (Å²) in [5, 5.41) is 7.89.